The Balaban J connectivity index is 0.00000387. The molecule has 206 valence electrons. The number of amides is 3. The Morgan fingerprint density at radius 3 is 2.68 bits per heavy atom. The quantitative estimate of drug-likeness (QED) is 0.0810. The number of fused-ring (bicyclic) bond motifs is 1. The molecule has 16 heteroatoms. The van der Waals surface area contributed by atoms with E-state index in [4.69, 9.17) is 5.73 Å². The van der Waals surface area contributed by atoms with Gasteiger partial charge in [-0.3, -0.25) is 19.3 Å². The third-order valence-corrected chi connectivity index (χ3v) is 7.27. The van der Waals surface area contributed by atoms with Crippen LogP contribution in [-0.2, 0) is 28.8 Å². The number of thiazole rings is 1. The van der Waals surface area contributed by atoms with Crippen molar-refractivity contribution in [3.05, 3.63) is 58.4 Å². The molecule has 5 heterocycles. The molecule has 0 aliphatic carbocycles. The number of nitrogens with zero attached hydrogens (tertiary/aromatic N) is 5. The molecule has 3 amide bonds. The van der Waals surface area contributed by atoms with Gasteiger partial charge in [-0.15, -0.1) is 11.3 Å². The smallest absolute Gasteiger partial charge is 0.543 e. The van der Waals surface area contributed by atoms with E-state index in [9.17, 15) is 29.1 Å². The number of hydrogen-bond acceptors (Lipinski definition) is 12. The molecule has 3 aliphatic heterocycles. The van der Waals surface area contributed by atoms with Gasteiger partial charge in [-0.25, -0.2) is 14.8 Å². The van der Waals surface area contributed by atoms with Crippen LogP contribution >= 0.6 is 11.3 Å². The zero-order valence-electron chi connectivity index (χ0n) is 22.0. The summed E-state index contributed by atoms with van der Waals surface area (Å²) in [6, 6.07) is 3.46. The van der Waals surface area contributed by atoms with Gasteiger partial charge in [0, 0.05) is 30.6 Å². The van der Waals surface area contributed by atoms with Crippen molar-refractivity contribution in [2.24, 2.45) is 5.16 Å². The molecular weight excluding hydrogens is 565 g/mol. The molecular formula is C25H22N7NaO7S. The van der Waals surface area contributed by atoms with Crippen molar-refractivity contribution in [1.82, 2.24) is 20.2 Å². The van der Waals surface area contributed by atoms with E-state index >= 15 is 0 Å². The standard InChI is InChI=1S/C25H23N7O7S.Na/c1-12(33)39-30-18(15-11-40-25(26)28-15)21(34)29-19-16-6-5-13(20(24(37)38)32(16)23(19)36)10-14-7-9-31(22(14)35)17-4-2-3-8-27-17;/h2-4,8,10-11,16,19H,5-7,9H2,1H3,(H2,26,28)(H,29,34)(H,37,38);/q;+1/p-1/b14-10-,30-18-;/t16-,19+;/m1./s1. The third-order valence-electron chi connectivity index (χ3n) is 6.60. The van der Waals surface area contributed by atoms with Crippen LogP contribution in [0.5, 0.6) is 0 Å². The predicted molar refractivity (Wildman–Crippen MR) is 138 cm³/mol. The van der Waals surface area contributed by atoms with Crippen LogP contribution < -0.4 is 50.6 Å². The molecule has 0 bridgehead atoms. The van der Waals surface area contributed by atoms with Crippen LogP contribution in [0.1, 0.15) is 31.9 Å². The van der Waals surface area contributed by atoms with Gasteiger partial charge in [0.05, 0.1) is 17.7 Å². The summed E-state index contributed by atoms with van der Waals surface area (Å²) in [4.78, 5) is 77.8. The van der Waals surface area contributed by atoms with Crippen LogP contribution in [0, 0.1) is 0 Å². The number of anilines is 2. The molecule has 0 aromatic carbocycles. The van der Waals surface area contributed by atoms with Crippen LogP contribution in [0.3, 0.4) is 0 Å². The van der Waals surface area contributed by atoms with Crippen molar-refractivity contribution in [3.63, 3.8) is 0 Å². The molecule has 2 aromatic rings. The molecule has 41 heavy (non-hydrogen) atoms. The maximum Gasteiger partial charge on any atom is 1.00 e. The van der Waals surface area contributed by atoms with Crippen LogP contribution in [0.25, 0.3) is 0 Å². The molecule has 0 spiro atoms. The number of aromatic nitrogens is 2. The monoisotopic (exact) mass is 587 g/mol. The van der Waals surface area contributed by atoms with Crippen LogP contribution in [0.15, 0.2) is 57.9 Å². The van der Waals surface area contributed by atoms with Crippen molar-refractivity contribution in [3.8, 4) is 0 Å². The van der Waals surface area contributed by atoms with Crippen molar-refractivity contribution in [1.29, 1.82) is 0 Å². The zero-order chi connectivity index (χ0) is 28.6. The first-order chi connectivity index (χ1) is 19.2. The Kier molecular flexibility index (Phi) is 9.01. The third kappa shape index (κ3) is 5.93. The molecule has 0 saturated carbocycles. The summed E-state index contributed by atoms with van der Waals surface area (Å²) in [6.45, 7) is 1.48. The molecule has 3 N–H and O–H groups in total. The second-order valence-corrected chi connectivity index (χ2v) is 9.97. The number of nitrogen functional groups attached to an aromatic ring is 1. The number of nitrogens with two attached hydrogens (primary N) is 1. The van der Waals surface area contributed by atoms with Gasteiger partial charge in [0.15, 0.2) is 10.8 Å². The fourth-order valence-electron chi connectivity index (χ4n) is 4.83. The minimum absolute atomic E-state index is 0. The van der Waals surface area contributed by atoms with Gasteiger partial charge < -0.3 is 30.7 Å². The number of rotatable bonds is 7. The van der Waals surface area contributed by atoms with Gasteiger partial charge in [-0.2, -0.15) is 0 Å². The van der Waals surface area contributed by atoms with E-state index in [1.54, 1.807) is 24.4 Å². The second-order valence-electron chi connectivity index (χ2n) is 9.08. The number of oxime groups is 1. The number of β-lactam (4-membered cyclic amide) rings is 1. The van der Waals surface area contributed by atoms with Gasteiger partial charge in [-0.05, 0) is 43.0 Å². The zero-order valence-corrected chi connectivity index (χ0v) is 24.8. The van der Waals surface area contributed by atoms with Crippen molar-refractivity contribution in [2.75, 3.05) is 17.2 Å². The number of nitrogens with one attached hydrogen (secondary N) is 1. The van der Waals surface area contributed by atoms with E-state index in [2.05, 4.69) is 25.3 Å². The van der Waals surface area contributed by atoms with Gasteiger partial charge in [0.25, 0.3) is 17.7 Å². The maximum absolute atomic E-state index is 13.1. The fraction of sp³-hybridized carbons (Fsp3) is 0.280. The van der Waals surface area contributed by atoms with E-state index < -0.39 is 35.8 Å². The average Bonchev–Trinajstić information content (AvgIpc) is 3.52. The average molecular weight is 588 g/mol. The number of allylic oxidation sites excluding steroid dienone is 2. The SMILES string of the molecule is CC(=O)O/N=C(\C(=O)N[C@@H]1C(=O)N2C(C(=O)[O-])=C(/C=C3/CCN(c4ccccn4)C3=O)CC[C@H]12)c1csc(N)n1.[Na+]. The Hall–Kier alpha value is -3.92. The normalized spacial score (nSPS) is 21.3. The molecule has 2 atom stereocenters. The molecule has 2 saturated heterocycles. The summed E-state index contributed by atoms with van der Waals surface area (Å²) in [7, 11) is 0. The van der Waals surface area contributed by atoms with Crippen LogP contribution in [-0.4, -0.2) is 68.9 Å². The molecule has 5 rings (SSSR count). The van der Waals surface area contributed by atoms with E-state index in [0.29, 0.717) is 30.8 Å². The number of carboxylic acids is 1. The number of carbonyl (C=O) groups is 5. The van der Waals surface area contributed by atoms with Crippen molar-refractivity contribution in [2.45, 2.75) is 38.3 Å². The summed E-state index contributed by atoms with van der Waals surface area (Å²) in [5, 5.41) is 19.8. The Morgan fingerprint density at radius 2 is 2.05 bits per heavy atom. The summed E-state index contributed by atoms with van der Waals surface area (Å²) < 4.78 is 0. The Morgan fingerprint density at radius 1 is 1.27 bits per heavy atom. The maximum atomic E-state index is 13.1. The van der Waals surface area contributed by atoms with Crippen molar-refractivity contribution >= 4 is 57.7 Å². The minimum atomic E-state index is -1.57. The Bertz CT molecular complexity index is 1520. The van der Waals surface area contributed by atoms with E-state index in [-0.39, 0.29) is 69.7 Å². The first-order valence-electron chi connectivity index (χ1n) is 12.1. The molecule has 2 fully saturated rings. The number of carbonyl (C=O) groups excluding carboxylic acids is 5. The first-order valence-corrected chi connectivity index (χ1v) is 13.0. The number of aliphatic carboxylic acids is 1. The van der Waals surface area contributed by atoms with Gasteiger partial charge in [0.1, 0.15) is 17.6 Å². The molecule has 2 aromatic heterocycles. The molecule has 14 nitrogen and oxygen atoms in total. The molecule has 0 unspecified atom stereocenters. The van der Waals surface area contributed by atoms with E-state index in [1.807, 2.05) is 0 Å². The number of pyridine rings is 1. The summed E-state index contributed by atoms with van der Waals surface area (Å²) in [5.74, 6) is -3.69. The Labute approximate surface area is 259 Å². The second kappa shape index (κ2) is 12.3. The molecule has 3 aliphatic rings. The van der Waals surface area contributed by atoms with E-state index in [0.717, 1.165) is 23.2 Å². The van der Waals surface area contributed by atoms with Crippen molar-refractivity contribution < 1.29 is 63.5 Å². The summed E-state index contributed by atoms with van der Waals surface area (Å²) >= 11 is 1.03. The van der Waals surface area contributed by atoms with Gasteiger partial charge in [-0.1, -0.05) is 11.2 Å². The van der Waals surface area contributed by atoms with Crippen LogP contribution in [0.4, 0.5) is 10.9 Å². The topological polar surface area (TPSA) is 200 Å². The summed E-state index contributed by atoms with van der Waals surface area (Å²) in [5.41, 5.74) is 5.64. The van der Waals surface area contributed by atoms with E-state index in [1.165, 1.54) is 16.4 Å². The van der Waals surface area contributed by atoms with Gasteiger partial charge >= 0.3 is 35.5 Å². The molecule has 0 radical (unpaired) electrons. The largest absolute Gasteiger partial charge is 1.00 e. The van der Waals surface area contributed by atoms with Gasteiger partial charge in [0.2, 0.25) is 0 Å². The minimum Gasteiger partial charge on any atom is -0.543 e. The number of hydrogen-bond donors (Lipinski definition) is 2. The number of carboxylic acid groups (broad SMARTS) is 1. The predicted octanol–water partition coefficient (Wildman–Crippen LogP) is -3.75. The first kappa shape index (κ1) is 30.0. The van der Waals surface area contributed by atoms with Crippen LogP contribution in [0.2, 0.25) is 0 Å². The summed E-state index contributed by atoms with van der Waals surface area (Å²) in [6.07, 6.45) is 3.99. The fourth-order valence-corrected chi connectivity index (χ4v) is 5.38.